The number of hydrogen-bond donors (Lipinski definition) is 3. The van der Waals surface area contributed by atoms with Gasteiger partial charge in [0.05, 0.1) is 36.3 Å². The fraction of sp³-hybridized carbons (Fsp3) is 0.333. The number of hydrogen-bond acceptors (Lipinski definition) is 7. The van der Waals surface area contributed by atoms with Gasteiger partial charge in [-0.05, 0) is 62.2 Å². The summed E-state index contributed by atoms with van der Waals surface area (Å²) in [5, 5.41) is 18.5. The number of carbonyl (C=O) groups is 2. The number of aromatic nitrogens is 3. The minimum absolute atomic E-state index is 0.0266. The van der Waals surface area contributed by atoms with E-state index in [1.165, 1.54) is 38.3 Å². The summed E-state index contributed by atoms with van der Waals surface area (Å²) in [5.41, 5.74) is -0.268. The molecule has 14 heteroatoms. The zero-order valence-electron chi connectivity index (χ0n) is 23.5. The summed E-state index contributed by atoms with van der Waals surface area (Å²) in [6, 6.07) is 8.64. The lowest BCUT2D eigenvalue weighted by molar-refractivity contribution is -0.265. The Bertz CT molecular complexity index is 1800. The molecule has 2 amide bonds. The number of primary amides is 1. The molecule has 1 unspecified atom stereocenters. The molecule has 1 fully saturated rings. The van der Waals surface area contributed by atoms with E-state index >= 15 is 0 Å². The molecule has 0 bridgehead atoms. The molecular formula is C30H27F4N5O5. The Labute approximate surface area is 247 Å². The van der Waals surface area contributed by atoms with Crippen molar-refractivity contribution in [2.24, 2.45) is 5.73 Å². The molecule has 1 aliphatic carbocycles. The molecule has 230 valence electrons. The summed E-state index contributed by atoms with van der Waals surface area (Å²) >= 11 is 0. The van der Waals surface area contributed by atoms with Crippen LogP contribution in [0.1, 0.15) is 47.4 Å². The number of rotatable bonds is 8. The number of pyridine rings is 1. The number of alkyl halides is 3. The molecular weight excluding hydrogens is 586 g/mol. The van der Waals surface area contributed by atoms with Crippen LogP contribution in [-0.2, 0) is 15.8 Å². The molecule has 0 spiro atoms. The van der Waals surface area contributed by atoms with Crippen molar-refractivity contribution in [3.63, 3.8) is 0 Å². The quantitative estimate of drug-likeness (QED) is 0.256. The van der Waals surface area contributed by atoms with E-state index in [0.717, 1.165) is 31.0 Å². The third kappa shape index (κ3) is 4.78. The van der Waals surface area contributed by atoms with Crippen LogP contribution in [0.4, 0.5) is 17.6 Å². The highest BCUT2D eigenvalue weighted by atomic mass is 19.4. The molecule has 2 aromatic carbocycles. The van der Waals surface area contributed by atoms with E-state index in [4.69, 9.17) is 15.2 Å². The van der Waals surface area contributed by atoms with Crippen LogP contribution in [0.3, 0.4) is 0 Å². The highest BCUT2D eigenvalue weighted by Gasteiger charge is 2.57. The number of carbonyl (C=O) groups excluding carboxylic acids is 2. The average Bonchev–Trinajstić information content (AvgIpc) is 3.65. The van der Waals surface area contributed by atoms with Gasteiger partial charge in [-0.2, -0.15) is 18.3 Å². The van der Waals surface area contributed by atoms with Gasteiger partial charge >= 0.3 is 6.18 Å². The standard InChI is InChI=1S/C30H27F4N5O5/c1-28(27(35)41)14-44-25-20(28)11-23(37-24(25)15-3-5-17(31)6-4-15)29(42,30(32,33)34)13-36-26(40)16-9-21-19(22(10-16)43-2)12-39(38-21)18-7-8-18/h3-6,9-12,18,42H,7-8,13-14H2,1-2H3,(H2,35,41)(H,36,40)/t28-,29?/m0/s1. The molecule has 4 aromatic rings. The van der Waals surface area contributed by atoms with Crippen LogP contribution in [0.25, 0.3) is 22.2 Å². The summed E-state index contributed by atoms with van der Waals surface area (Å²) in [6.07, 6.45) is -1.64. The fourth-order valence-electron chi connectivity index (χ4n) is 5.19. The minimum Gasteiger partial charge on any atom is -0.496 e. The second-order valence-corrected chi connectivity index (χ2v) is 11.2. The monoisotopic (exact) mass is 613 g/mol. The number of nitrogens with one attached hydrogen (secondary N) is 1. The fourth-order valence-corrected chi connectivity index (χ4v) is 5.19. The summed E-state index contributed by atoms with van der Waals surface area (Å²) in [7, 11) is 1.40. The Balaban J connectivity index is 1.40. The third-order valence-corrected chi connectivity index (χ3v) is 8.14. The first-order valence-corrected chi connectivity index (χ1v) is 13.6. The SMILES string of the molecule is COc1cc(C(=O)NCC(O)(c2cc3c(c(-c4ccc(F)cc4)n2)OC[C@]3(C)C(N)=O)C(F)(F)F)cc2nn(C3CC3)cc12. The Morgan fingerprint density at radius 1 is 1.20 bits per heavy atom. The molecule has 2 aromatic heterocycles. The van der Waals surface area contributed by atoms with Crippen molar-refractivity contribution in [3.05, 3.63) is 71.3 Å². The van der Waals surface area contributed by atoms with Crippen molar-refractivity contribution in [2.45, 2.75) is 43.0 Å². The van der Waals surface area contributed by atoms with Crippen LogP contribution in [0.2, 0.25) is 0 Å². The van der Waals surface area contributed by atoms with Crippen LogP contribution < -0.4 is 20.5 Å². The van der Waals surface area contributed by atoms with Crippen LogP contribution in [-0.4, -0.2) is 58.1 Å². The van der Waals surface area contributed by atoms with Crippen molar-refractivity contribution in [3.8, 4) is 22.8 Å². The van der Waals surface area contributed by atoms with E-state index in [0.29, 0.717) is 16.7 Å². The summed E-state index contributed by atoms with van der Waals surface area (Å²) in [5.74, 6) is -2.13. The Morgan fingerprint density at radius 2 is 1.91 bits per heavy atom. The van der Waals surface area contributed by atoms with Crippen LogP contribution in [0.15, 0.2) is 48.7 Å². The van der Waals surface area contributed by atoms with Gasteiger partial charge in [0.15, 0.2) is 0 Å². The third-order valence-electron chi connectivity index (χ3n) is 8.14. The topological polar surface area (TPSA) is 142 Å². The lowest BCUT2D eigenvalue weighted by Gasteiger charge is -2.31. The van der Waals surface area contributed by atoms with Gasteiger partial charge < -0.3 is 25.6 Å². The summed E-state index contributed by atoms with van der Waals surface area (Å²) in [4.78, 5) is 29.7. The first kappa shape index (κ1) is 29.4. The lowest BCUT2D eigenvalue weighted by Crippen LogP contribution is -2.51. The summed E-state index contributed by atoms with van der Waals surface area (Å²) in [6.45, 7) is -0.240. The van der Waals surface area contributed by atoms with E-state index in [9.17, 15) is 32.3 Å². The number of ether oxygens (including phenoxy) is 2. The Kier molecular flexibility index (Phi) is 6.79. The van der Waals surface area contributed by atoms with Crippen molar-refractivity contribution >= 4 is 22.7 Å². The lowest BCUT2D eigenvalue weighted by atomic mass is 9.81. The summed E-state index contributed by atoms with van der Waals surface area (Å²) < 4.78 is 70.6. The van der Waals surface area contributed by atoms with E-state index in [1.807, 2.05) is 0 Å². The van der Waals surface area contributed by atoms with Crippen molar-refractivity contribution in [1.82, 2.24) is 20.1 Å². The molecule has 3 heterocycles. The van der Waals surface area contributed by atoms with Crippen LogP contribution in [0, 0.1) is 5.82 Å². The normalized spacial score (nSPS) is 19.2. The van der Waals surface area contributed by atoms with E-state index in [-0.39, 0.29) is 40.8 Å². The maximum atomic E-state index is 14.7. The Morgan fingerprint density at radius 3 is 2.52 bits per heavy atom. The van der Waals surface area contributed by atoms with Gasteiger partial charge in [0.2, 0.25) is 11.5 Å². The predicted octanol–water partition coefficient (Wildman–Crippen LogP) is 3.90. The minimum atomic E-state index is -5.35. The van der Waals surface area contributed by atoms with Gasteiger partial charge in [0.25, 0.3) is 5.91 Å². The largest absolute Gasteiger partial charge is 0.496 e. The first-order chi connectivity index (χ1) is 20.7. The predicted molar refractivity (Wildman–Crippen MR) is 149 cm³/mol. The van der Waals surface area contributed by atoms with Gasteiger partial charge in [-0.25, -0.2) is 9.37 Å². The Hall–Kier alpha value is -4.72. The molecule has 1 saturated carbocycles. The van der Waals surface area contributed by atoms with E-state index < -0.39 is 47.1 Å². The number of nitrogens with zero attached hydrogens (tertiary/aromatic N) is 3. The number of amides is 2. The molecule has 2 atom stereocenters. The number of fused-ring (bicyclic) bond motifs is 2. The van der Waals surface area contributed by atoms with Gasteiger partial charge in [0.1, 0.15) is 35.0 Å². The zero-order valence-corrected chi connectivity index (χ0v) is 23.5. The highest BCUT2D eigenvalue weighted by molar-refractivity contribution is 6.00. The molecule has 6 rings (SSSR count). The molecule has 0 radical (unpaired) electrons. The molecule has 44 heavy (non-hydrogen) atoms. The molecule has 0 saturated heterocycles. The molecule has 10 nitrogen and oxygen atoms in total. The van der Waals surface area contributed by atoms with Gasteiger partial charge in [-0.15, -0.1) is 0 Å². The second kappa shape index (κ2) is 10.2. The average molecular weight is 614 g/mol. The van der Waals surface area contributed by atoms with Gasteiger partial charge in [-0.3, -0.25) is 14.3 Å². The maximum absolute atomic E-state index is 14.7. The maximum Gasteiger partial charge on any atom is 0.424 e. The number of nitrogens with two attached hydrogens (primary N) is 1. The molecule has 1 aliphatic heterocycles. The molecule has 2 aliphatic rings. The first-order valence-electron chi connectivity index (χ1n) is 13.6. The molecule has 4 N–H and O–H groups in total. The van der Waals surface area contributed by atoms with E-state index in [1.54, 1.807) is 10.9 Å². The highest BCUT2D eigenvalue weighted by Crippen LogP contribution is 2.47. The number of aliphatic hydroxyl groups is 1. The van der Waals surface area contributed by atoms with Crippen molar-refractivity contribution < 1.29 is 41.7 Å². The van der Waals surface area contributed by atoms with Crippen LogP contribution in [0.5, 0.6) is 11.5 Å². The van der Waals surface area contributed by atoms with E-state index in [2.05, 4.69) is 15.4 Å². The second-order valence-electron chi connectivity index (χ2n) is 11.2. The zero-order chi connectivity index (χ0) is 31.6. The van der Waals surface area contributed by atoms with Crippen molar-refractivity contribution in [2.75, 3.05) is 20.3 Å². The van der Waals surface area contributed by atoms with Crippen LogP contribution >= 0.6 is 0 Å². The van der Waals surface area contributed by atoms with Gasteiger partial charge in [-0.1, -0.05) is 0 Å². The smallest absolute Gasteiger partial charge is 0.424 e. The number of halogens is 4. The number of methoxy groups -OCH3 is 1. The van der Waals surface area contributed by atoms with Crippen molar-refractivity contribution in [1.29, 1.82) is 0 Å². The number of benzene rings is 2. The van der Waals surface area contributed by atoms with Gasteiger partial charge in [0, 0.05) is 22.9 Å².